The number of benzene rings is 1. The van der Waals surface area contributed by atoms with E-state index in [9.17, 15) is 18.8 Å². The van der Waals surface area contributed by atoms with Crippen LogP contribution in [0.2, 0.25) is 0 Å². The van der Waals surface area contributed by atoms with E-state index in [4.69, 9.17) is 4.74 Å². The van der Waals surface area contributed by atoms with E-state index in [2.05, 4.69) is 10.6 Å². The number of halogens is 1. The Bertz CT molecular complexity index is 848. The molecule has 2 amide bonds. The van der Waals surface area contributed by atoms with Crippen LogP contribution in [0.5, 0.6) is 0 Å². The first-order valence-electron chi connectivity index (χ1n) is 7.84. The van der Waals surface area contributed by atoms with Gasteiger partial charge in [-0.2, -0.15) is 0 Å². The van der Waals surface area contributed by atoms with Crippen LogP contribution in [0.25, 0.3) is 0 Å². The summed E-state index contributed by atoms with van der Waals surface area (Å²) < 4.78 is 18.5. The van der Waals surface area contributed by atoms with E-state index >= 15 is 0 Å². The minimum atomic E-state index is -0.698. The molecule has 0 aliphatic heterocycles. The molecule has 0 saturated carbocycles. The number of ether oxygens (including phenoxy) is 1. The van der Waals surface area contributed by atoms with Crippen molar-refractivity contribution >= 4 is 34.1 Å². The number of esters is 1. The summed E-state index contributed by atoms with van der Waals surface area (Å²) in [5.74, 6) is -1.97. The molecular formula is C18H19FN2O4S. The number of nitrogens with one attached hydrogen (secondary N) is 2. The quantitative estimate of drug-likeness (QED) is 0.757. The fraction of sp³-hybridized carbons (Fsp3) is 0.278. The number of carbonyl (C=O) groups excluding carboxylic acids is 3. The van der Waals surface area contributed by atoms with Crippen LogP contribution in [-0.2, 0) is 20.9 Å². The second-order valence-electron chi connectivity index (χ2n) is 5.61. The van der Waals surface area contributed by atoms with Crippen LogP contribution in [0, 0.1) is 19.7 Å². The average molecular weight is 378 g/mol. The number of thiophene rings is 1. The third kappa shape index (κ3) is 4.89. The highest BCUT2D eigenvalue weighted by atomic mass is 32.1. The van der Waals surface area contributed by atoms with Crippen LogP contribution in [-0.4, -0.2) is 24.4 Å². The van der Waals surface area contributed by atoms with E-state index in [0.717, 1.165) is 4.88 Å². The lowest BCUT2D eigenvalue weighted by molar-refractivity contribution is -0.124. The predicted molar refractivity (Wildman–Crippen MR) is 96.6 cm³/mol. The molecule has 0 aliphatic rings. The SMILES string of the molecule is CC(=O)Nc1sc(C)c(C)c1C(=O)OCC(=O)NCc1ccccc1F. The number of amides is 2. The Kier molecular flexibility index (Phi) is 6.46. The standard InChI is InChI=1S/C18H19FN2O4S/c1-10-11(2)26-17(21-12(3)22)16(10)18(24)25-9-15(23)20-8-13-6-4-5-7-14(13)19/h4-7H,8-9H2,1-3H3,(H,20,23)(H,21,22). The van der Waals surface area contributed by atoms with E-state index in [0.29, 0.717) is 16.1 Å². The van der Waals surface area contributed by atoms with Crippen molar-refractivity contribution in [3.8, 4) is 0 Å². The second-order valence-corrected chi connectivity index (χ2v) is 6.84. The maximum absolute atomic E-state index is 13.5. The monoisotopic (exact) mass is 378 g/mol. The Morgan fingerprint density at radius 2 is 1.88 bits per heavy atom. The van der Waals surface area contributed by atoms with Gasteiger partial charge in [0.25, 0.3) is 5.91 Å². The summed E-state index contributed by atoms with van der Waals surface area (Å²) in [7, 11) is 0. The van der Waals surface area contributed by atoms with Crippen LogP contribution < -0.4 is 10.6 Å². The smallest absolute Gasteiger partial charge is 0.341 e. The first-order valence-corrected chi connectivity index (χ1v) is 8.66. The van der Waals surface area contributed by atoms with Crippen LogP contribution in [0.15, 0.2) is 24.3 Å². The van der Waals surface area contributed by atoms with Gasteiger partial charge in [0, 0.05) is 23.9 Å². The molecule has 138 valence electrons. The summed E-state index contributed by atoms with van der Waals surface area (Å²) in [5, 5.41) is 5.48. The molecule has 0 aliphatic carbocycles. The minimum Gasteiger partial charge on any atom is -0.452 e. The molecule has 1 aromatic heterocycles. The fourth-order valence-corrected chi connectivity index (χ4v) is 3.31. The molecule has 1 aromatic carbocycles. The Balaban J connectivity index is 1.95. The van der Waals surface area contributed by atoms with Gasteiger partial charge in [0.1, 0.15) is 10.8 Å². The third-order valence-corrected chi connectivity index (χ3v) is 4.77. The normalized spacial score (nSPS) is 10.3. The number of hydrogen-bond donors (Lipinski definition) is 2. The lowest BCUT2D eigenvalue weighted by Crippen LogP contribution is -2.28. The average Bonchev–Trinajstić information content (AvgIpc) is 2.85. The van der Waals surface area contributed by atoms with Crippen molar-refractivity contribution in [1.82, 2.24) is 5.32 Å². The summed E-state index contributed by atoms with van der Waals surface area (Å²) in [6, 6.07) is 6.07. The highest BCUT2D eigenvalue weighted by molar-refractivity contribution is 7.16. The van der Waals surface area contributed by atoms with Crippen molar-refractivity contribution in [3.05, 3.63) is 51.7 Å². The summed E-state index contributed by atoms with van der Waals surface area (Å²) in [6.07, 6.45) is 0. The van der Waals surface area contributed by atoms with Crippen molar-refractivity contribution < 1.29 is 23.5 Å². The molecule has 0 unspecified atom stereocenters. The van der Waals surface area contributed by atoms with Gasteiger partial charge in [-0.1, -0.05) is 18.2 Å². The molecule has 26 heavy (non-hydrogen) atoms. The maximum atomic E-state index is 13.5. The molecule has 6 nitrogen and oxygen atoms in total. The zero-order valence-corrected chi connectivity index (χ0v) is 15.5. The van der Waals surface area contributed by atoms with E-state index in [-0.39, 0.29) is 18.0 Å². The van der Waals surface area contributed by atoms with E-state index in [1.807, 2.05) is 6.92 Å². The Morgan fingerprint density at radius 1 is 1.19 bits per heavy atom. The molecule has 0 atom stereocenters. The second kappa shape index (κ2) is 8.57. The fourth-order valence-electron chi connectivity index (χ4n) is 2.21. The molecule has 0 spiro atoms. The molecule has 2 aromatic rings. The molecule has 2 rings (SSSR count). The number of aryl methyl sites for hydroxylation is 1. The van der Waals surface area contributed by atoms with Gasteiger partial charge >= 0.3 is 5.97 Å². The first-order chi connectivity index (χ1) is 12.3. The summed E-state index contributed by atoms with van der Waals surface area (Å²) in [6.45, 7) is 4.41. The van der Waals surface area contributed by atoms with E-state index in [1.54, 1.807) is 25.1 Å². The zero-order valence-electron chi connectivity index (χ0n) is 14.6. The number of anilines is 1. The van der Waals surface area contributed by atoms with Gasteiger partial charge in [-0.3, -0.25) is 9.59 Å². The molecular weight excluding hydrogens is 359 g/mol. The molecule has 8 heteroatoms. The largest absolute Gasteiger partial charge is 0.452 e. The van der Waals surface area contributed by atoms with Crippen molar-refractivity contribution in [2.45, 2.75) is 27.3 Å². The van der Waals surface area contributed by atoms with Crippen LogP contribution in [0.1, 0.15) is 33.3 Å². The number of hydrogen-bond acceptors (Lipinski definition) is 5. The number of carbonyl (C=O) groups is 3. The zero-order chi connectivity index (χ0) is 19.3. The Labute approximate surface area is 154 Å². The molecule has 2 N–H and O–H groups in total. The van der Waals surface area contributed by atoms with E-state index < -0.39 is 24.3 Å². The van der Waals surface area contributed by atoms with Gasteiger partial charge < -0.3 is 15.4 Å². The van der Waals surface area contributed by atoms with Gasteiger partial charge in [0.05, 0.1) is 5.56 Å². The lowest BCUT2D eigenvalue weighted by atomic mass is 10.1. The van der Waals surface area contributed by atoms with Crippen molar-refractivity contribution in [3.63, 3.8) is 0 Å². The number of rotatable bonds is 6. The topological polar surface area (TPSA) is 84.5 Å². The highest BCUT2D eigenvalue weighted by Crippen LogP contribution is 2.32. The lowest BCUT2D eigenvalue weighted by Gasteiger charge is -2.09. The van der Waals surface area contributed by atoms with Crippen LogP contribution in [0.4, 0.5) is 9.39 Å². The molecule has 0 bridgehead atoms. The highest BCUT2D eigenvalue weighted by Gasteiger charge is 2.22. The van der Waals surface area contributed by atoms with Crippen LogP contribution in [0.3, 0.4) is 0 Å². The van der Waals surface area contributed by atoms with Crippen molar-refractivity contribution in [1.29, 1.82) is 0 Å². The molecule has 1 heterocycles. The molecule has 0 radical (unpaired) electrons. The van der Waals surface area contributed by atoms with Gasteiger partial charge in [0.2, 0.25) is 5.91 Å². The third-order valence-electron chi connectivity index (χ3n) is 3.65. The Hall–Kier alpha value is -2.74. The van der Waals surface area contributed by atoms with Gasteiger partial charge in [0.15, 0.2) is 6.61 Å². The van der Waals surface area contributed by atoms with E-state index in [1.165, 1.54) is 24.3 Å². The summed E-state index contributed by atoms with van der Waals surface area (Å²) in [5.41, 5.74) is 1.27. The molecule has 0 fully saturated rings. The van der Waals surface area contributed by atoms with Gasteiger partial charge in [-0.15, -0.1) is 11.3 Å². The Morgan fingerprint density at radius 3 is 2.54 bits per heavy atom. The first kappa shape index (κ1) is 19.6. The summed E-state index contributed by atoms with van der Waals surface area (Å²) in [4.78, 5) is 36.3. The van der Waals surface area contributed by atoms with Gasteiger partial charge in [-0.05, 0) is 25.5 Å². The predicted octanol–water partition coefficient (Wildman–Crippen LogP) is 2.94. The van der Waals surface area contributed by atoms with Crippen molar-refractivity contribution in [2.24, 2.45) is 0 Å². The van der Waals surface area contributed by atoms with Crippen LogP contribution >= 0.6 is 11.3 Å². The van der Waals surface area contributed by atoms with Crippen molar-refractivity contribution in [2.75, 3.05) is 11.9 Å². The molecule has 0 saturated heterocycles. The summed E-state index contributed by atoms with van der Waals surface area (Å²) >= 11 is 1.27. The minimum absolute atomic E-state index is 0.00319. The van der Waals surface area contributed by atoms with Gasteiger partial charge in [-0.25, -0.2) is 9.18 Å². The maximum Gasteiger partial charge on any atom is 0.341 e.